The van der Waals surface area contributed by atoms with Crippen LogP contribution in [0.25, 0.3) is 0 Å². The first-order valence-corrected chi connectivity index (χ1v) is 7.88. The van der Waals surface area contributed by atoms with E-state index in [4.69, 9.17) is 5.73 Å². The lowest BCUT2D eigenvalue weighted by Crippen LogP contribution is -2.14. The summed E-state index contributed by atoms with van der Waals surface area (Å²) in [6.45, 7) is 3.77. The number of nitrogens with one attached hydrogen (secondary N) is 1. The fraction of sp³-hybridized carbons (Fsp3) is 0.200. The SMILES string of the molecule is CCc1cccc(NS(=O)(=O)c2cc(N)ccc2C)c1. The first-order valence-electron chi connectivity index (χ1n) is 6.40. The first-order chi connectivity index (χ1) is 9.42. The van der Waals surface area contributed by atoms with E-state index in [1.54, 1.807) is 25.1 Å². The Hall–Kier alpha value is -2.01. The van der Waals surface area contributed by atoms with Gasteiger partial charge in [-0.2, -0.15) is 0 Å². The zero-order chi connectivity index (χ0) is 14.8. The number of benzene rings is 2. The van der Waals surface area contributed by atoms with Crippen LogP contribution >= 0.6 is 0 Å². The largest absolute Gasteiger partial charge is 0.399 e. The molecule has 0 amide bonds. The normalized spacial score (nSPS) is 11.3. The summed E-state index contributed by atoms with van der Waals surface area (Å²) in [5.41, 5.74) is 8.40. The molecular weight excluding hydrogens is 272 g/mol. The maximum atomic E-state index is 12.4. The second kappa shape index (κ2) is 5.54. The topological polar surface area (TPSA) is 72.2 Å². The highest BCUT2D eigenvalue weighted by atomic mass is 32.2. The Morgan fingerprint density at radius 1 is 1.15 bits per heavy atom. The highest BCUT2D eigenvalue weighted by Gasteiger charge is 2.17. The zero-order valence-electron chi connectivity index (χ0n) is 11.6. The second-order valence-corrected chi connectivity index (χ2v) is 6.34. The summed E-state index contributed by atoms with van der Waals surface area (Å²) < 4.78 is 27.4. The van der Waals surface area contributed by atoms with E-state index in [1.807, 2.05) is 25.1 Å². The van der Waals surface area contributed by atoms with E-state index < -0.39 is 10.0 Å². The van der Waals surface area contributed by atoms with Crippen LogP contribution < -0.4 is 10.5 Å². The van der Waals surface area contributed by atoms with Gasteiger partial charge in [0.2, 0.25) is 0 Å². The highest BCUT2D eigenvalue weighted by molar-refractivity contribution is 7.92. The summed E-state index contributed by atoms with van der Waals surface area (Å²) in [7, 11) is -3.62. The van der Waals surface area contributed by atoms with Crippen molar-refractivity contribution in [1.82, 2.24) is 0 Å². The van der Waals surface area contributed by atoms with Crippen LogP contribution in [0.1, 0.15) is 18.1 Å². The van der Waals surface area contributed by atoms with Gasteiger partial charge in [0.1, 0.15) is 0 Å². The average molecular weight is 290 g/mol. The van der Waals surface area contributed by atoms with Crippen molar-refractivity contribution in [2.75, 3.05) is 10.5 Å². The third-order valence-electron chi connectivity index (χ3n) is 3.09. The van der Waals surface area contributed by atoms with Crippen molar-refractivity contribution in [3.05, 3.63) is 53.6 Å². The molecule has 0 atom stereocenters. The Bertz CT molecular complexity index is 724. The molecule has 2 aromatic rings. The second-order valence-electron chi connectivity index (χ2n) is 4.68. The Labute approximate surface area is 119 Å². The van der Waals surface area contributed by atoms with Gasteiger partial charge in [0.05, 0.1) is 4.90 Å². The number of sulfonamides is 1. The molecule has 0 aliphatic rings. The quantitative estimate of drug-likeness (QED) is 0.850. The van der Waals surface area contributed by atoms with Gasteiger partial charge in [0.25, 0.3) is 10.0 Å². The average Bonchev–Trinajstić information content (AvgIpc) is 2.41. The van der Waals surface area contributed by atoms with Crippen molar-refractivity contribution >= 4 is 21.4 Å². The minimum absolute atomic E-state index is 0.208. The summed E-state index contributed by atoms with van der Waals surface area (Å²) in [6, 6.07) is 12.2. The molecule has 0 saturated carbocycles. The van der Waals surface area contributed by atoms with Gasteiger partial charge in [-0.25, -0.2) is 8.42 Å². The predicted octanol–water partition coefficient (Wildman–Crippen LogP) is 2.94. The van der Waals surface area contributed by atoms with Crippen LogP contribution in [-0.2, 0) is 16.4 Å². The van der Waals surface area contributed by atoms with Gasteiger partial charge in [0.15, 0.2) is 0 Å². The standard InChI is InChI=1S/C15H18N2O2S/c1-3-12-5-4-6-14(9-12)17-20(18,19)15-10-13(16)8-7-11(15)2/h4-10,17H,3,16H2,1-2H3. The number of rotatable bonds is 4. The molecule has 0 saturated heterocycles. The highest BCUT2D eigenvalue weighted by Crippen LogP contribution is 2.22. The molecule has 5 heteroatoms. The first kappa shape index (κ1) is 14.4. The summed E-state index contributed by atoms with van der Waals surface area (Å²) in [4.78, 5) is 0.208. The number of hydrogen-bond acceptors (Lipinski definition) is 3. The van der Waals surface area contributed by atoms with Crippen molar-refractivity contribution in [3.8, 4) is 0 Å². The molecule has 2 rings (SSSR count). The Morgan fingerprint density at radius 2 is 1.90 bits per heavy atom. The molecule has 0 heterocycles. The van der Waals surface area contributed by atoms with E-state index in [0.29, 0.717) is 16.9 Å². The molecule has 0 unspecified atom stereocenters. The summed E-state index contributed by atoms with van der Waals surface area (Å²) >= 11 is 0. The van der Waals surface area contributed by atoms with Crippen LogP contribution in [-0.4, -0.2) is 8.42 Å². The Kier molecular flexibility index (Phi) is 3.99. The monoisotopic (exact) mass is 290 g/mol. The van der Waals surface area contributed by atoms with Gasteiger partial charge < -0.3 is 5.73 Å². The van der Waals surface area contributed by atoms with E-state index >= 15 is 0 Å². The van der Waals surface area contributed by atoms with Gasteiger partial charge in [0, 0.05) is 11.4 Å². The Morgan fingerprint density at radius 3 is 2.60 bits per heavy atom. The predicted molar refractivity (Wildman–Crippen MR) is 82.2 cm³/mol. The molecule has 106 valence electrons. The molecule has 0 fully saturated rings. The molecule has 2 aromatic carbocycles. The Balaban J connectivity index is 2.38. The number of nitrogens with two attached hydrogens (primary N) is 1. The van der Waals surface area contributed by atoms with E-state index in [-0.39, 0.29) is 4.90 Å². The maximum Gasteiger partial charge on any atom is 0.262 e. The lowest BCUT2D eigenvalue weighted by Gasteiger charge is -2.11. The number of nitrogen functional groups attached to an aromatic ring is 1. The fourth-order valence-corrected chi connectivity index (χ4v) is 3.30. The molecule has 3 N–H and O–H groups in total. The lowest BCUT2D eigenvalue weighted by atomic mass is 10.1. The molecule has 0 aliphatic heterocycles. The molecule has 0 bridgehead atoms. The lowest BCUT2D eigenvalue weighted by molar-refractivity contribution is 0.600. The number of aryl methyl sites for hydroxylation is 2. The van der Waals surface area contributed by atoms with Gasteiger partial charge in [-0.05, 0) is 48.7 Å². The molecule has 0 aromatic heterocycles. The molecule has 20 heavy (non-hydrogen) atoms. The minimum Gasteiger partial charge on any atom is -0.399 e. The maximum absolute atomic E-state index is 12.4. The molecule has 0 radical (unpaired) electrons. The molecule has 0 spiro atoms. The summed E-state index contributed by atoms with van der Waals surface area (Å²) in [6.07, 6.45) is 0.854. The van der Waals surface area contributed by atoms with Crippen LogP contribution in [0.4, 0.5) is 11.4 Å². The van der Waals surface area contributed by atoms with Gasteiger partial charge in [-0.1, -0.05) is 25.1 Å². The van der Waals surface area contributed by atoms with E-state index in [9.17, 15) is 8.42 Å². The van der Waals surface area contributed by atoms with Crippen molar-refractivity contribution in [1.29, 1.82) is 0 Å². The van der Waals surface area contributed by atoms with Crippen molar-refractivity contribution in [3.63, 3.8) is 0 Å². The summed E-state index contributed by atoms with van der Waals surface area (Å²) in [5, 5.41) is 0. The van der Waals surface area contributed by atoms with Gasteiger partial charge in [-0.15, -0.1) is 0 Å². The fourth-order valence-electron chi connectivity index (χ4n) is 1.97. The molecule has 0 aliphatic carbocycles. The van der Waals surface area contributed by atoms with Gasteiger partial charge in [-0.3, -0.25) is 4.72 Å². The van der Waals surface area contributed by atoms with Crippen LogP contribution in [0.3, 0.4) is 0 Å². The van der Waals surface area contributed by atoms with Crippen molar-refractivity contribution in [2.45, 2.75) is 25.2 Å². The number of anilines is 2. The third-order valence-corrected chi connectivity index (χ3v) is 4.61. The molecular formula is C15H18N2O2S. The molecule has 4 nitrogen and oxygen atoms in total. The van der Waals surface area contributed by atoms with Crippen LogP contribution in [0.2, 0.25) is 0 Å². The van der Waals surface area contributed by atoms with Crippen molar-refractivity contribution in [2.24, 2.45) is 0 Å². The zero-order valence-corrected chi connectivity index (χ0v) is 12.4. The minimum atomic E-state index is -3.62. The van der Waals surface area contributed by atoms with Crippen LogP contribution in [0.5, 0.6) is 0 Å². The van der Waals surface area contributed by atoms with Gasteiger partial charge >= 0.3 is 0 Å². The number of hydrogen-bond donors (Lipinski definition) is 2. The van der Waals surface area contributed by atoms with Crippen molar-refractivity contribution < 1.29 is 8.42 Å². The van der Waals surface area contributed by atoms with Crippen LogP contribution in [0, 0.1) is 6.92 Å². The third kappa shape index (κ3) is 3.11. The van der Waals surface area contributed by atoms with Crippen LogP contribution in [0.15, 0.2) is 47.4 Å². The van der Waals surface area contributed by atoms with E-state index in [0.717, 1.165) is 12.0 Å². The smallest absolute Gasteiger partial charge is 0.262 e. The van der Waals surface area contributed by atoms with E-state index in [1.165, 1.54) is 6.07 Å². The van der Waals surface area contributed by atoms with E-state index in [2.05, 4.69) is 4.72 Å². The summed E-state index contributed by atoms with van der Waals surface area (Å²) in [5.74, 6) is 0.